The van der Waals surface area contributed by atoms with Crippen molar-refractivity contribution >= 4 is 45.0 Å². The molecule has 6 heteroatoms. The van der Waals surface area contributed by atoms with Crippen LogP contribution in [0.2, 0.25) is 0 Å². The number of methoxy groups -OCH3 is 3. The zero-order chi connectivity index (χ0) is 25.8. The Labute approximate surface area is 215 Å². The van der Waals surface area contributed by atoms with E-state index in [0.29, 0.717) is 22.8 Å². The maximum Gasteiger partial charge on any atom is 0.203 e. The fourth-order valence-electron chi connectivity index (χ4n) is 4.30. The lowest BCUT2D eigenvalue weighted by Crippen LogP contribution is -1.98. The van der Waals surface area contributed by atoms with Gasteiger partial charge in [-0.05, 0) is 60.2 Å². The molecule has 5 aromatic rings. The Bertz CT molecular complexity index is 1550. The molecule has 1 N–H and O–H groups in total. The molecule has 0 unspecified atom stereocenters. The topological polar surface area (TPSA) is 69.7 Å². The molecule has 6 nitrogen and oxygen atoms in total. The molecule has 37 heavy (non-hydrogen) atoms. The van der Waals surface area contributed by atoms with Gasteiger partial charge in [-0.15, -0.1) is 0 Å². The van der Waals surface area contributed by atoms with E-state index in [-0.39, 0.29) is 5.78 Å². The van der Waals surface area contributed by atoms with Crippen LogP contribution in [0.15, 0.2) is 91.0 Å². The van der Waals surface area contributed by atoms with Crippen LogP contribution in [-0.2, 0) is 0 Å². The third kappa shape index (κ3) is 4.82. The number of rotatable bonds is 8. The van der Waals surface area contributed by atoms with Crippen LogP contribution in [-0.4, -0.2) is 32.1 Å². The smallest absolute Gasteiger partial charge is 0.203 e. The molecule has 0 spiro atoms. The average Bonchev–Trinajstić information content (AvgIpc) is 2.95. The zero-order valence-corrected chi connectivity index (χ0v) is 20.8. The maximum atomic E-state index is 12.9. The Morgan fingerprint density at radius 3 is 1.86 bits per heavy atom. The minimum atomic E-state index is -0.111. The Morgan fingerprint density at radius 2 is 1.32 bits per heavy atom. The standard InChI is InChI=1S/C31H26N2O4/c1-35-28-18-20(19-29(36-2)31(28)37-3)12-17-27(34)21-13-15-22(16-14-21)32-30-23-8-4-6-10-25(23)33-26-11-7-5-9-24(26)30/h4-19H,1-3H3,(H,32,33)/b17-12+. The second-order valence-corrected chi connectivity index (χ2v) is 8.38. The lowest BCUT2D eigenvalue weighted by atomic mass is 10.1. The first-order valence-electron chi connectivity index (χ1n) is 11.8. The molecular formula is C31H26N2O4. The number of para-hydroxylation sites is 2. The number of pyridine rings is 1. The molecule has 0 atom stereocenters. The summed E-state index contributed by atoms with van der Waals surface area (Å²) in [6.07, 6.45) is 3.27. The van der Waals surface area contributed by atoms with Gasteiger partial charge in [-0.2, -0.15) is 0 Å². The highest BCUT2D eigenvalue weighted by atomic mass is 16.5. The number of benzene rings is 4. The molecule has 0 aliphatic carbocycles. The van der Waals surface area contributed by atoms with Crippen molar-refractivity contribution in [1.29, 1.82) is 0 Å². The summed E-state index contributed by atoms with van der Waals surface area (Å²) >= 11 is 0. The molecule has 1 aromatic heterocycles. The van der Waals surface area contributed by atoms with Crippen LogP contribution in [0, 0.1) is 0 Å². The van der Waals surface area contributed by atoms with E-state index in [1.54, 1.807) is 39.5 Å². The highest BCUT2D eigenvalue weighted by molar-refractivity contribution is 6.09. The van der Waals surface area contributed by atoms with Crippen molar-refractivity contribution < 1.29 is 19.0 Å². The van der Waals surface area contributed by atoms with Crippen LogP contribution in [0.4, 0.5) is 11.4 Å². The third-order valence-corrected chi connectivity index (χ3v) is 6.14. The van der Waals surface area contributed by atoms with Gasteiger partial charge in [-0.1, -0.05) is 42.5 Å². The highest BCUT2D eigenvalue weighted by Gasteiger charge is 2.13. The molecule has 0 radical (unpaired) electrons. The van der Waals surface area contributed by atoms with Crippen LogP contribution in [0.5, 0.6) is 17.2 Å². The number of carbonyl (C=O) groups excluding carboxylic acids is 1. The first-order valence-corrected chi connectivity index (χ1v) is 11.8. The van der Waals surface area contributed by atoms with Gasteiger partial charge in [0, 0.05) is 22.0 Å². The summed E-state index contributed by atoms with van der Waals surface area (Å²) in [5.41, 5.74) is 5.06. The van der Waals surface area contributed by atoms with E-state index in [9.17, 15) is 4.79 Å². The monoisotopic (exact) mass is 490 g/mol. The van der Waals surface area contributed by atoms with Gasteiger partial charge >= 0.3 is 0 Å². The van der Waals surface area contributed by atoms with E-state index >= 15 is 0 Å². The van der Waals surface area contributed by atoms with E-state index in [4.69, 9.17) is 19.2 Å². The van der Waals surface area contributed by atoms with Gasteiger partial charge < -0.3 is 19.5 Å². The second-order valence-electron chi connectivity index (χ2n) is 8.38. The number of allylic oxidation sites excluding steroid dienone is 1. The largest absolute Gasteiger partial charge is 0.493 e. The van der Waals surface area contributed by atoms with Crippen LogP contribution < -0.4 is 19.5 Å². The molecule has 0 bridgehead atoms. The summed E-state index contributed by atoms with van der Waals surface area (Å²) in [6, 6.07) is 27.2. The molecule has 0 fully saturated rings. The number of aromatic nitrogens is 1. The van der Waals surface area contributed by atoms with Gasteiger partial charge in [0.2, 0.25) is 5.75 Å². The Kier molecular flexibility index (Phi) is 6.72. The van der Waals surface area contributed by atoms with Crippen LogP contribution >= 0.6 is 0 Å². The van der Waals surface area contributed by atoms with Gasteiger partial charge in [0.05, 0.1) is 38.1 Å². The predicted molar refractivity (Wildman–Crippen MR) is 148 cm³/mol. The van der Waals surface area contributed by atoms with Gasteiger partial charge in [-0.25, -0.2) is 4.98 Å². The summed E-state index contributed by atoms with van der Waals surface area (Å²) < 4.78 is 16.1. The summed E-state index contributed by atoms with van der Waals surface area (Å²) in [7, 11) is 4.67. The normalized spacial score (nSPS) is 11.1. The van der Waals surface area contributed by atoms with Gasteiger partial charge in [0.25, 0.3) is 0 Å². The molecule has 0 aliphatic rings. The summed E-state index contributed by atoms with van der Waals surface area (Å²) in [4.78, 5) is 17.6. The average molecular weight is 491 g/mol. The molecular weight excluding hydrogens is 464 g/mol. The molecule has 0 aliphatic heterocycles. The molecule has 1 heterocycles. The molecule has 184 valence electrons. The highest BCUT2D eigenvalue weighted by Crippen LogP contribution is 2.38. The second kappa shape index (κ2) is 10.4. The third-order valence-electron chi connectivity index (χ3n) is 6.14. The van der Waals surface area contributed by atoms with E-state index in [0.717, 1.165) is 38.7 Å². The quantitative estimate of drug-likeness (QED) is 0.143. The lowest BCUT2D eigenvalue weighted by Gasteiger charge is -2.13. The number of nitrogens with one attached hydrogen (secondary N) is 1. The number of carbonyl (C=O) groups is 1. The molecule has 0 saturated carbocycles. The SMILES string of the molecule is COc1cc(/C=C/C(=O)c2ccc(Nc3c4ccccc4nc4ccccc34)cc2)cc(OC)c1OC. The number of hydrogen-bond acceptors (Lipinski definition) is 6. The van der Waals surface area contributed by atoms with Crippen molar-refractivity contribution in [2.45, 2.75) is 0 Å². The van der Waals surface area contributed by atoms with E-state index in [2.05, 4.69) is 17.4 Å². The number of ketones is 1. The Morgan fingerprint density at radius 1 is 0.757 bits per heavy atom. The lowest BCUT2D eigenvalue weighted by molar-refractivity contribution is 0.104. The summed E-state index contributed by atoms with van der Waals surface area (Å²) in [5.74, 6) is 1.45. The van der Waals surface area contributed by atoms with E-state index in [1.165, 1.54) is 6.08 Å². The van der Waals surface area contributed by atoms with Gasteiger partial charge in [-0.3, -0.25) is 4.79 Å². The number of anilines is 2. The van der Waals surface area contributed by atoms with E-state index in [1.807, 2.05) is 60.7 Å². The maximum absolute atomic E-state index is 12.9. The van der Waals surface area contributed by atoms with Gasteiger partial charge in [0.1, 0.15) is 0 Å². The number of hydrogen-bond donors (Lipinski definition) is 1. The van der Waals surface area contributed by atoms with Crippen molar-refractivity contribution in [2.24, 2.45) is 0 Å². The molecule has 0 amide bonds. The van der Waals surface area contributed by atoms with Gasteiger partial charge in [0.15, 0.2) is 17.3 Å². The number of ether oxygens (including phenoxy) is 3. The van der Waals surface area contributed by atoms with Crippen molar-refractivity contribution in [1.82, 2.24) is 4.98 Å². The van der Waals surface area contributed by atoms with Crippen LogP contribution in [0.1, 0.15) is 15.9 Å². The minimum Gasteiger partial charge on any atom is -0.493 e. The number of nitrogens with zero attached hydrogens (tertiary/aromatic N) is 1. The molecule has 0 saturated heterocycles. The van der Waals surface area contributed by atoms with Crippen molar-refractivity contribution in [2.75, 3.05) is 26.6 Å². The minimum absolute atomic E-state index is 0.111. The van der Waals surface area contributed by atoms with Crippen molar-refractivity contribution in [3.05, 3.63) is 102 Å². The fraction of sp³-hybridized carbons (Fsp3) is 0.0968. The fourth-order valence-corrected chi connectivity index (χ4v) is 4.30. The van der Waals surface area contributed by atoms with E-state index < -0.39 is 0 Å². The number of fused-ring (bicyclic) bond motifs is 2. The van der Waals surface area contributed by atoms with Crippen LogP contribution in [0.3, 0.4) is 0 Å². The zero-order valence-electron chi connectivity index (χ0n) is 20.8. The Balaban J connectivity index is 1.39. The first kappa shape index (κ1) is 23.9. The van der Waals surface area contributed by atoms with Crippen molar-refractivity contribution in [3.63, 3.8) is 0 Å². The Hall–Kier alpha value is -4.84. The molecule has 4 aromatic carbocycles. The molecule has 5 rings (SSSR count). The first-order chi connectivity index (χ1) is 18.1. The summed E-state index contributed by atoms with van der Waals surface area (Å²) in [5, 5.41) is 5.61. The van der Waals surface area contributed by atoms with Crippen LogP contribution in [0.25, 0.3) is 27.9 Å². The summed E-state index contributed by atoms with van der Waals surface area (Å²) in [6.45, 7) is 0. The predicted octanol–water partition coefficient (Wildman–Crippen LogP) is 7.05. The van der Waals surface area contributed by atoms with Crippen molar-refractivity contribution in [3.8, 4) is 17.2 Å².